The van der Waals surface area contributed by atoms with Gasteiger partial charge >= 0.3 is 0 Å². The van der Waals surface area contributed by atoms with E-state index in [-0.39, 0.29) is 74.9 Å². The second-order valence-corrected chi connectivity index (χ2v) is 26.1. The summed E-state index contributed by atoms with van der Waals surface area (Å²) in [5.41, 5.74) is -8.48. The van der Waals surface area contributed by atoms with Crippen LogP contribution >= 0.6 is 35.3 Å². The van der Waals surface area contributed by atoms with E-state index in [4.69, 9.17) is 60.2 Å². The number of ether oxygens (including phenoxy) is 3. The topological polar surface area (TPSA) is 415 Å². The van der Waals surface area contributed by atoms with Gasteiger partial charge in [0.2, 0.25) is 0 Å². The third-order valence-electron chi connectivity index (χ3n) is 16.5. The molecule has 0 aliphatic heterocycles. The Kier molecular flexibility index (Phi) is 14.5. The first-order valence-electron chi connectivity index (χ1n) is 50.8. The molecule has 36 heteroatoms. The summed E-state index contributed by atoms with van der Waals surface area (Å²) < 4.78 is 365. The minimum atomic E-state index is -4.33. The van der Waals surface area contributed by atoms with Crippen LogP contribution in [0.15, 0.2) is 70.1 Å². The minimum absolute atomic E-state index is 0.0783. The van der Waals surface area contributed by atoms with Crippen molar-refractivity contribution in [2.75, 3.05) is 72.6 Å². The fraction of sp³-hybridized carbons (Fsp3) is 0.583. The van der Waals surface area contributed by atoms with Gasteiger partial charge in [0.05, 0.1) is 105 Å². The molecular formula is C72H93F3N18O12S3. The van der Waals surface area contributed by atoms with Gasteiger partial charge in [0.1, 0.15) is 53.9 Å². The van der Waals surface area contributed by atoms with E-state index in [2.05, 4.69) is 81.5 Å². The molecule has 0 unspecified atom stereocenters. The summed E-state index contributed by atoms with van der Waals surface area (Å²) in [6.07, 6.45) is -52.8. The fourth-order valence-corrected chi connectivity index (χ4v) is 12.2. The molecule has 15 rings (SSSR count). The number of nitrogens with one attached hydrogen (secondary N) is 3. The molecule has 12 N–H and O–H groups in total. The molecule has 582 valence electrons. The highest BCUT2D eigenvalue weighted by Gasteiger charge is 2.49. The summed E-state index contributed by atoms with van der Waals surface area (Å²) >= 11 is 0.742. The Labute approximate surface area is 685 Å². The van der Waals surface area contributed by atoms with Crippen molar-refractivity contribution in [3.8, 4) is 0 Å². The van der Waals surface area contributed by atoms with Crippen LogP contribution in [0.2, 0.25) is 0 Å². The molecule has 108 heavy (non-hydrogen) atoms. The summed E-state index contributed by atoms with van der Waals surface area (Å²) in [6, 6.07) is -2.80. The summed E-state index contributed by atoms with van der Waals surface area (Å²) in [5.74, 6) is -4.35. The Balaban J connectivity index is 0.000000182. The number of benzene rings is 3. The lowest BCUT2D eigenvalue weighted by molar-refractivity contribution is -0.0629. The van der Waals surface area contributed by atoms with Gasteiger partial charge in [0.15, 0.2) is 66.4 Å². The average Bonchev–Trinajstić information content (AvgIpc) is 1.49. The Morgan fingerprint density at radius 3 is 1.14 bits per heavy atom. The SMILES string of the molecule is [2H]C([2H])(C)C([2H])([2H])Sc1nc(N[C@]2([2H])C[C@H]2c2ccc(C)c(F)c2)c2nnn([C@]3([2H])C([2H])([2H])[C@]([2H])(OCCO)[C@@]([2H])(O)[C@@]3([2H])O)c2n1.[2H]C([2H])(CC)Sc1nc(N[C@]2([2H])C[C@H]2c2ccc(C)c(F)c2)c2nnn([C@]3([2H])C([2H])([2H])[C@]([2H])(OC([2H])([2H])C([2H])([2H])O)[C@@]([2H])(O)[C@@]3([2H])O)c2n1.[2H]C([2H])(O)CO[C@@]1([2H])C([2H])([2H])[C@@]([2H])(n2nnc3c(N[C@]4([2H])C[C@H]4c4ccc(C)c(F)c4)nc(SC([2H])([2H])C([2H])([2H])C)nc32)[C@]([2H])(O)[C@]1([2H])O. The largest absolute Gasteiger partial charge is 0.394 e. The van der Waals surface area contributed by atoms with Crippen LogP contribution in [-0.4, -0.2) is 250 Å². The van der Waals surface area contributed by atoms with Crippen LogP contribution in [-0.2, 0) is 14.2 Å². The van der Waals surface area contributed by atoms with Crippen molar-refractivity contribution in [3.63, 3.8) is 0 Å². The third-order valence-corrected chi connectivity index (χ3v) is 18.6. The minimum Gasteiger partial charge on any atom is -0.394 e. The van der Waals surface area contributed by atoms with E-state index in [0.29, 0.717) is 45.1 Å². The Bertz CT molecular complexity index is 6570. The molecule has 6 saturated carbocycles. The molecule has 18 atom stereocenters. The van der Waals surface area contributed by atoms with Crippen molar-refractivity contribution >= 4 is 86.2 Å². The van der Waals surface area contributed by atoms with Gasteiger partial charge in [-0.15, -0.1) is 15.3 Å². The summed E-state index contributed by atoms with van der Waals surface area (Å²) in [6.45, 7) is -6.43. The first-order valence-corrected chi connectivity index (χ1v) is 34.8. The van der Waals surface area contributed by atoms with Crippen molar-refractivity contribution in [1.29, 1.82) is 0 Å². The number of hydrogen-bond acceptors (Lipinski definition) is 30. The van der Waals surface area contributed by atoms with Gasteiger partial charge in [0, 0.05) is 94.0 Å². The molecule has 0 amide bonds. The normalized spacial score (nSPS) is 45.3. The number of hydrogen-bond donors (Lipinski definition) is 12. The van der Waals surface area contributed by atoms with Gasteiger partial charge in [-0.2, -0.15) is 0 Å². The van der Waals surface area contributed by atoms with E-state index in [1.54, 1.807) is 45.0 Å². The number of thioether (sulfide) groups is 3. The highest BCUT2D eigenvalue weighted by Crippen LogP contribution is 2.48. The highest BCUT2D eigenvalue weighted by atomic mass is 32.2. The molecule has 0 spiro atoms. The quantitative estimate of drug-likeness (QED) is 0.0168. The van der Waals surface area contributed by atoms with Gasteiger partial charge in [-0.25, -0.2) is 57.1 Å². The number of anilines is 3. The van der Waals surface area contributed by atoms with Crippen molar-refractivity contribution in [2.24, 2.45) is 0 Å². The maximum atomic E-state index is 14.3. The summed E-state index contributed by atoms with van der Waals surface area (Å²) in [4.78, 5) is 24.9. The monoisotopic (exact) mass is 1590 g/mol. The molecule has 6 aliphatic carbocycles. The lowest BCUT2D eigenvalue weighted by Gasteiger charge is -2.17. The molecule has 0 radical (unpaired) electrons. The van der Waals surface area contributed by atoms with E-state index in [1.807, 2.05) is 0 Å². The lowest BCUT2D eigenvalue weighted by atomic mass is 10.1. The van der Waals surface area contributed by atoms with Gasteiger partial charge in [0.25, 0.3) is 0 Å². The summed E-state index contributed by atoms with van der Waals surface area (Å²) in [5, 5.41) is 124. The van der Waals surface area contributed by atoms with E-state index >= 15 is 0 Å². The van der Waals surface area contributed by atoms with Crippen LogP contribution in [0.3, 0.4) is 0 Å². The van der Waals surface area contributed by atoms with Crippen molar-refractivity contribution in [2.45, 2.75) is 223 Å². The van der Waals surface area contributed by atoms with Crippen LogP contribution in [0, 0.1) is 38.2 Å². The maximum absolute atomic E-state index is 14.3. The molecule has 6 heterocycles. The molecule has 3 aromatic carbocycles. The number of rotatable bonds is 30. The number of fused-ring (bicyclic) bond motifs is 3. The fourth-order valence-electron chi connectivity index (χ4n) is 10.8. The second kappa shape index (κ2) is 35.1. The van der Waals surface area contributed by atoms with E-state index in [0.717, 1.165) is 13.8 Å². The van der Waals surface area contributed by atoms with Crippen LogP contribution in [0.1, 0.15) is 198 Å². The van der Waals surface area contributed by atoms with E-state index in [1.165, 1.54) is 37.3 Å². The van der Waals surface area contributed by atoms with Crippen molar-refractivity contribution < 1.29 is 124 Å². The molecule has 6 fully saturated rings. The molecule has 9 aromatic rings. The van der Waals surface area contributed by atoms with Gasteiger partial charge in [-0.3, -0.25) is 0 Å². The zero-order valence-corrected chi connectivity index (χ0v) is 59.6. The van der Waals surface area contributed by atoms with Crippen LogP contribution in [0.5, 0.6) is 0 Å². The summed E-state index contributed by atoms with van der Waals surface area (Å²) in [7, 11) is 0. The second-order valence-electron chi connectivity index (χ2n) is 23.7. The highest BCUT2D eigenvalue weighted by molar-refractivity contribution is 7.99. The number of halogens is 3. The molecular weight excluding hydrogens is 1460 g/mol. The van der Waals surface area contributed by atoms with E-state index < -0.39 is 269 Å². The van der Waals surface area contributed by atoms with Crippen LogP contribution in [0.4, 0.5) is 30.6 Å². The van der Waals surface area contributed by atoms with Gasteiger partial charge < -0.3 is 76.1 Å². The lowest BCUT2D eigenvalue weighted by Crippen LogP contribution is -2.33. The van der Waals surface area contributed by atoms with Crippen LogP contribution < -0.4 is 16.0 Å². The predicted octanol–water partition coefficient (Wildman–Crippen LogP) is 6.55. The standard InChI is InChI=1S/3C24H31FN6O4S/c3*1-3-8-36-24-27-22(26-16-10-14(16)13-5-4-12(2)15(25)9-13)19-23(28-24)31(30-29-19)17-11-18(35-7-6-32)21(34)20(17)33/h3*4-5,9,14,16-18,20-21,32-34H,3,6-8,10-11H2,1-2H3,(H,26,27,28)/t3*14-,16+,17+,18-,20-,21+/m000/s1/i6D2,7D2,8D2,11D2,16D,17D,18D,20D,21D;3D2,6D2,8D2,11D2,16D,17D,18D,20D,21D;3D2,8D2,11D2,16D,17D,18D,20D,21D. The maximum Gasteiger partial charge on any atom is 0.191 e. The number of aliphatic hydroxyl groups excluding tert-OH is 1. The molecule has 30 nitrogen and oxygen atoms in total. The zero-order valence-electron chi connectivity index (χ0n) is 94.2. The molecule has 0 bridgehead atoms. The molecule has 6 aliphatic rings. The number of aryl methyl sites for hydroxylation is 3. The average molecular weight is 1590 g/mol. The smallest absolute Gasteiger partial charge is 0.191 e. The van der Waals surface area contributed by atoms with Crippen molar-refractivity contribution in [1.82, 2.24) is 74.9 Å². The van der Waals surface area contributed by atoms with Crippen molar-refractivity contribution in [3.05, 3.63) is 105 Å². The van der Waals surface area contributed by atoms with Gasteiger partial charge in [-0.1, -0.05) is 108 Å². The Hall–Kier alpha value is -7.14. The number of aromatic nitrogens is 15. The third kappa shape index (κ3) is 17.5. The van der Waals surface area contributed by atoms with Crippen LogP contribution in [0.25, 0.3) is 33.5 Å². The number of nitrogens with zero attached hydrogens (tertiary/aromatic N) is 15. The predicted molar refractivity (Wildman–Crippen MR) is 398 cm³/mol. The van der Waals surface area contributed by atoms with E-state index in [9.17, 15) is 59.1 Å². The molecule has 0 saturated heterocycles. The molecule has 6 aromatic heterocycles. The first-order chi connectivity index (χ1) is 65.3. The Morgan fingerprint density at radius 1 is 0.481 bits per heavy atom. The number of aliphatic hydroxyl groups is 9. The first kappa shape index (κ1) is 44.8. The Morgan fingerprint density at radius 2 is 0.824 bits per heavy atom. The van der Waals surface area contributed by atoms with Gasteiger partial charge in [-0.05, 0) is 111 Å². The zero-order chi connectivity index (χ0) is 110.